The van der Waals surface area contributed by atoms with Crippen molar-refractivity contribution in [2.24, 2.45) is 11.0 Å². The summed E-state index contributed by atoms with van der Waals surface area (Å²) in [4.78, 5) is 0. The maximum absolute atomic E-state index is 6.02. The van der Waals surface area contributed by atoms with E-state index in [4.69, 9.17) is 16.7 Å². The van der Waals surface area contributed by atoms with E-state index in [1.807, 2.05) is 28.9 Å². The van der Waals surface area contributed by atoms with Crippen LogP contribution in [0.4, 0.5) is 0 Å². The zero-order valence-electron chi connectivity index (χ0n) is 15.9. The second kappa shape index (κ2) is 8.78. The molecule has 4 rings (SSSR count). The zero-order chi connectivity index (χ0) is 18.6. The first-order valence-corrected chi connectivity index (χ1v) is 11.5. The topological polar surface area (TPSA) is 43.1 Å². The van der Waals surface area contributed by atoms with Crippen molar-refractivity contribution in [2.45, 2.75) is 69.4 Å². The van der Waals surface area contributed by atoms with Crippen LogP contribution >= 0.6 is 23.4 Å². The van der Waals surface area contributed by atoms with E-state index in [1.54, 1.807) is 11.8 Å². The molecule has 0 saturated heterocycles. The van der Waals surface area contributed by atoms with Gasteiger partial charge in [-0.15, -0.1) is 10.2 Å². The smallest absolute Gasteiger partial charge is 0.191 e. The highest BCUT2D eigenvalue weighted by atomic mass is 35.5. The number of unbranched alkanes of at least 4 members (excludes halogenated alkanes) is 2. The Balaban J connectivity index is 1.46. The maximum Gasteiger partial charge on any atom is 0.212 e. The van der Waals surface area contributed by atoms with Gasteiger partial charge in [0, 0.05) is 16.7 Å². The van der Waals surface area contributed by atoms with Crippen molar-refractivity contribution < 1.29 is 0 Å². The van der Waals surface area contributed by atoms with Crippen LogP contribution in [-0.4, -0.2) is 26.3 Å². The molecule has 27 heavy (non-hydrogen) atoms. The number of thioether (sulfide) groups is 1. The molecule has 0 bridgehead atoms. The molecule has 1 fully saturated rings. The molecule has 0 spiro atoms. The Kier molecular flexibility index (Phi) is 6.18. The lowest BCUT2D eigenvalue weighted by molar-refractivity contribution is 0.293. The van der Waals surface area contributed by atoms with Crippen LogP contribution in [0, 0.1) is 5.92 Å². The van der Waals surface area contributed by atoms with Gasteiger partial charge in [0.1, 0.15) is 0 Å². The largest absolute Gasteiger partial charge is 0.212 e. The van der Waals surface area contributed by atoms with Crippen LogP contribution in [0.2, 0.25) is 5.02 Å². The Morgan fingerprint density at radius 2 is 1.85 bits per heavy atom. The molecule has 144 valence electrons. The minimum absolute atomic E-state index is 0.489. The van der Waals surface area contributed by atoms with Crippen LogP contribution in [0.1, 0.15) is 75.6 Å². The minimum atomic E-state index is 0.489. The van der Waals surface area contributed by atoms with Gasteiger partial charge in [0.15, 0.2) is 5.82 Å². The summed E-state index contributed by atoms with van der Waals surface area (Å²) in [5.74, 6) is 3.27. The zero-order valence-corrected chi connectivity index (χ0v) is 17.5. The predicted molar refractivity (Wildman–Crippen MR) is 113 cm³/mol. The van der Waals surface area contributed by atoms with Crippen molar-refractivity contribution in [3.05, 3.63) is 40.7 Å². The third kappa shape index (κ3) is 4.40. The molecule has 2 heterocycles. The minimum Gasteiger partial charge on any atom is -0.191 e. The van der Waals surface area contributed by atoms with E-state index in [9.17, 15) is 0 Å². The fraction of sp³-hybridized carbons (Fsp3) is 0.571. The average Bonchev–Trinajstić information content (AvgIpc) is 3.12. The Labute approximate surface area is 170 Å². The number of aromatic nitrogens is 3. The summed E-state index contributed by atoms with van der Waals surface area (Å²) in [6, 6.07) is 7.93. The maximum atomic E-state index is 6.02. The number of halogens is 1. The average molecular weight is 403 g/mol. The second-order valence-electron chi connectivity index (χ2n) is 7.71. The quantitative estimate of drug-likeness (QED) is 0.544. The molecule has 2 aliphatic rings. The van der Waals surface area contributed by atoms with E-state index in [1.165, 1.54) is 51.4 Å². The number of benzene rings is 1. The van der Waals surface area contributed by atoms with Gasteiger partial charge >= 0.3 is 0 Å². The molecule has 0 radical (unpaired) electrons. The van der Waals surface area contributed by atoms with Crippen LogP contribution in [0.3, 0.4) is 0 Å². The van der Waals surface area contributed by atoms with Crippen molar-refractivity contribution in [2.75, 3.05) is 5.75 Å². The van der Waals surface area contributed by atoms with E-state index in [2.05, 4.69) is 17.1 Å². The van der Waals surface area contributed by atoms with Crippen molar-refractivity contribution in [1.29, 1.82) is 0 Å². The number of hydrogen-bond donors (Lipinski definition) is 0. The number of hydrogen-bond acceptors (Lipinski definition) is 4. The summed E-state index contributed by atoms with van der Waals surface area (Å²) in [5.41, 5.74) is 2.19. The fourth-order valence-electron chi connectivity index (χ4n) is 4.17. The van der Waals surface area contributed by atoms with E-state index in [-0.39, 0.29) is 0 Å². The van der Waals surface area contributed by atoms with Gasteiger partial charge in [-0.05, 0) is 49.3 Å². The Morgan fingerprint density at radius 3 is 2.59 bits per heavy atom. The molecular weight excluding hydrogens is 376 g/mol. The third-order valence-corrected chi connectivity index (χ3v) is 6.98. The highest BCUT2D eigenvalue weighted by Crippen LogP contribution is 2.38. The van der Waals surface area contributed by atoms with Gasteiger partial charge in [-0.2, -0.15) is 9.78 Å². The molecule has 1 aliphatic heterocycles. The van der Waals surface area contributed by atoms with Crippen molar-refractivity contribution >= 4 is 29.1 Å². The molecule has 1 saturated carbocycles. The fourth-order valence-corrected chi connectivity index (χ4v) is 5.14. The van der Waals surface area contributed by atoms with E-state index in [0.717, 1.165) is 38.9 Å². The van der Waals surface area contributed by atoms with Gasteiger partial charge in [0.2, 0.25) is 5.16 Å². The highest BCUT2D eigenvalue weighted by Gasteiger charge is 2.29. The number of nitrogens with zero attached hydrogens (tertiary/aromatic N) is 4. The molecular formula is C21H27ClN4S. The highest BCUT2D eigenvalue weighted by molar-refractivity contribution is 7.99. The molecule has 4 nitrogen and oxygen atoms in total. The first kappa shape index (κ1) is 19.0. The molecule has 0 amide bonds. The Hall–Kier alpha value is -1.33. The Morgan fingerprint density at radius 1 is 1.07 bits per heavy atom. The molecule has 0 N–H and O–H groups in total. The molecule has 1 aromatic heterocycles. The van der Waals surface area contributed by atoms with Crippen LogP contribution in [0.15, 0.2) is 34.5 Å². The number of fused-ring (bicyclic) bond motifs is 1. The molecule has 0 atom stereocenters. The van der Waals surface area contributed by atoms with Gasteiger partial charge in [0.25, 0.3) is 0 Å². The lowest BCUT2D eigenvalue weighted by Gasteiger charge is -2.28. The van der Waals surface area contributed by atoms with Gasteiger partial charge in [-0.3, -0.25) is 0 Å². The van der Waals surface area contributed by atoms with Crippen LogP contribution in [0.5, 0.6) is 0 Å². The first-order valence-electron chi connectivity index (χ1n) is 10.2. The lowest BCUT2D eigenvalue weighted by atomic mass is 9.79. The van der Waals surface area contributed by atoms with Crippen LogP contribution < -0.4 is 0 Å². The molecule has 1 aliphatic carbocycles. The molecule has 6 heteroatoms. The van der Waals surface area contributed by atoms with Gasteiger partial charge in [0.05, 0.1) is 5.71 Å². The third-order valence-electron chi connectivity index (χ3n) is 5.80. The monoisotopic (exact) mass is 402 g/mol. The summed E-state index contributed by atoms with van der Waals surface area (Å²) in [6.45, 7) is 2.28. The molecule has 1 aromatic carbocycles. The second-order valence-corrected chi connectivity index (χ2v) is 9.09. The van der Waals surface area contributed by atoms with Crippen molar-refractivity contribution in [1.82, 2.24) is 14.9 Å². The van der Waals surface area contributed by atoms with Crippen molar-refractivity contribution in [3.63, 3.8) is 0 Å². The normalized spacial score (nSPS) is 22.4. The van der Waals surface area contributed by atoms with Crippen LogP contribution in [0.25, 0.3) is 0 Å². The van der Waals surface area contributed by atoms with E-state index in [0.29, 0.717) is 5.92 Å². The Bertz CT molecular complexity index is 791. The predicted octanol–water partition coefficient (Wildman–Crippen LogP) is 6.14. The number of rotatable bonds is 6. The SMILES string of the molecule is CCCCCC1CCC(c2nnc3n2N=C(c2ccc(Cl)cc2)CS3)CC1. The summed E-state index contributed by atoms with van der Waals surface area (Å²) in [6.07, 6.45) is 10.5. The van der Waals surface area contributed by atoms with Gasteiger partial charge in [-0.1, -0.05) is 68.1 Å². The van der Waals surface area contributed by atoms with E-state index >= 15 is 0 Å². The van der Waals surface area contributed by atoms with E-state index < -0.39 is 0 Å². The molecule has 0 unspecified atom stereocenters. The summed E-state index contributed by atoms with van der Waals surface area (Å²) in [7, 11) is 0. The summed E-state index contributed by atoms with van der Waals surface area (Å²) >= 11 is 7.74. The first-order chi connectivity index (χ1) is 13.2. The van der Waals surface area contributed by atoms with Gasteiger partial charge in [-0.25, -0.2) is 0 Å². The van der Waals surface area contributed by atoms with Crippen LogP contribution in [-0.2, 0) is 0 Å². The molecule has 2 aromatic rings. The lowest BCUT2D eigenvalue weighted by Crippen LogP contribution is -2.19. The standard InChI is InChI=1S/C21H27ClN4S/c1-2-3-4-5-15-6-8-17(9-7-15)20-23-24-21-26(20)25-19(14-27-21)16-10-12-18(22)13-11-16/h10-13,15,17H,2-9,14H2,1H3. The van der Waals surface area contributed by atoms with Gasteiger partial charge < -0.3 is 0 Å². The summed E-state index contributed by atoms with van der Waals surface area (Å²) in [5, 5.41) is 15.5. The van der Waals surface area contributed by atoms with Crippen molar-refractivity contribution in [3.8, 4) is 0 Å². The summed E-state index contributed by atoms with van der Waals surface area (Å²) < 4.78 is 2.00.